The number of nitrogens with two attached hydrogens (primary N) is 1. The molecule has 8 heteroatoms. The van der Waals surface area contributed by atoms with Gasteiger partial charge in [0.15, 0.2) is 11.5 Å². The van der Waals surface area contributed by atoms with Crippen LogP contribution in [-0.2, 0) is 0 Å². The predicted octanol–water partition coefficient (Wildman–Crippen LogP) is 0.873. The van der Waals surface area contributed by atoms with E-state index < -0.39 is 6.29 Å². The van der Waals surface area contributed by atoms with Crippen LogP contribution in [0.4, 0.5) is 0 Å². The van der Waals surface area contributed by atoms with Crippen molar-refractivity contribution in [3.8, 4) is 6.07 Å². The smallest absolute Gasteiger partial charge is 0.188 e. The Balaban J connectivity index is 2.16. The Morgan fingerprint density at radius 3 is 2.74 bits per heavy atom. The van der Waals surface area contributed by atoms with Crippen LogP contribution in [0.1, 0.15) is 5.56 Å². The molecule has 0 radical (unpaired) electrons. The third-order valence-electron chi connectivity index (χ3n) is 2.44. The van der Waals surface area contributed by atoms with E-state index in [9.17, 15) is 0 Å². The highest BCUT2D eigenvalue weighted by Crippen LogP contribution is 2.25. The van der Waals surface area contributed by atoms with E-state index in [1.807, 2.05) is 12.1 Å². The first-order valence-electron chi connectivity index (χ1n) is 5.42. The Bertz CT molecular complexity index is 535. The van der Waals surface area contributed by atoms with Crippen LogP contribution in [-0.4, -0.2) is 34.1 Å². The standard InChI is InChI=1S/C11H12N6S2/c1-14-17-10(13)15-11(16(17)7-18)19-9-4-2-8(6-12)3-5-9/h2-5,7,10,14H,13H2,1H3. The Kier molecular flexibility index (Phi) is 4.47. The fourth-order valence-corrected chi connectivity index (χ4v) is 2.70. The lowest BCUT2D eigenvalue weighted by Gasteiger charge is -2.26. The number of nitrogens with zero attached hydrogens (tertiary/aromatic N) is 4. The topological polar surface area (TPSA) is 80.7 Å². The molecule has 0 saturated heterocycles. The minimum absolute atomic E-state index is 0.509. The summed E-state index contributed by atoms with van der Waals surface area (Å²) in [6.07, 6.45) is -0.509. The van der Waals surface area contributed by atoms with E-state index in [0.717, 1.165) is 4.90 Å². The third-order valence-corrected chi connectivity index (χ3v) is 3.63. The number of thiocarbonyl (C=S) groups is 1. The molecule has 0 fully saturated rings. The first-order chi connectivity index (χ1) is 9.19. The van der Waals surface area contributed by atoms with Crippen molar-refractivity contribution in [1.29, 1.82) is 5.26 Å². The van der Waals surface area contributed by atoms with E-state index in [2.05, 4.69) is 16.5 Å². The number of nitrogens with one attached hydrogen (secondary N) is 1. The molecule has 1 aliphatic heterocycles. The predicted molar refractivity (Wildman–Crippen MR) is 78.8 cm³/mol. The zero-order valence-corrected chi connectivity index (χ0v) is 11.8. The molecule has 0 saturated carbocycles. The summed E-state index contributed by atoms with van der Waals surface area (Å²) in [4.78, 5) is 5.28. The second-order valence-electron chi connectivity index (χ2n) is 3.58. The van der Waals surface area contributed by atoms with Crippen molar-refractivity contribution < 1.29 is 0 Å². The molecule has 1 unspecified atom stereocenters. The van der Waals surface area contributed by atoms with E-state index in [0.29, 0.717) is 10.7 Å². The van der Waals surface area contributed by atoms with Crippen LogP contribution in [0.2, 0.25) is 0 Å². The number of rotatable bonds is 3. The fourth-order valence-electron chi connectivity index (χ4n) is 1.56. The first-order valence-corrected chi connectivity index (χ1v) is 6.71. The van der Waals surface area contributed by atoms with Gasteiger partial charge in [-0.1, -0.05) is 24.0 Å². The van der Waals surface area contributed by atoms with Crippen LogP contribution in [0.3, 0.4) is 0 Å². The van der Waals surface area contributed by atoms with Crippen LogP contribution in [0.25, 0.3) is 0 Å². The molecule has 1 aromatic rings. The second kappa shape index (κ2) is 6.10. The van der Waals surface area contributed by atoms with E-state index in [-0.39, 0.29) is 0 Å². The first kappa shape index (κ1) is 13.9. The summed E-state index contributed by atoms with van der Waals surface area (Å²) in [5.74, 6) is 0. The lowest BCUT2D eigenvalue weighted by molar-refractivity contribution is 0.0418. The second-order valence-corrected chi connectivity index (χ2v) is 4.83. The van der Waals surface area contributed by atoms with E-state index in [4.69, 9.17) is 23.2 Å². The lowest BCUT2D eigenvalue weighted by Crippen LogP contribution is -2.53. The molecular weight excluding hydrogens is 280 g/mol. The molecule has 0 amide bonds. The normalized spacial score (nSPS) is 19.1. The molecule has 1 aromatic carbocycles. The van der Waals surface area contributed by atoms with E-state index >= 15 is 0 Å². The molecule has 3 N–H and O–H groups in total. The largest absolute Gasteiger partial charge is 0.295 e. The zero-order valence-electron chi connectivity index (χ0n) is 10.1. The molecule has 1 heterocycles. The summed E-state index contributed by atoms with van der Waals surface area (Å²) < 4.78 is 0. The third kappa shape index (κ3) is 2.91. The van der Waals surface area contributed by atoms with Crippen molar-refractivity contribution >= 4 is 34.6 Å². The number of benzene rings is 1. The van der Waals surface area contributed by atoms with Gasteiger partial charge in [0, 0.05) is 11.9 Å². The van der Waals surface area contributed by atoms with Crippen molar-refractivity contribution in [2.75, 3.05) is 7.05 Å². The number of thioether (sulfide) groups is 1. The van der Waals surface area contributed by atoms with Gasteiger partial charge in [0.2, 0.25) is 0 Å². The van der Waals surface area contributed by atoms with Crippen LogP contribution in [0.15, 0.2) is 34.2 Å². The Labute approximate surface area is 120 Å². The van der Waals surface area contributed by atoms with Gasteiger partial charge in [0.1, 0.15) is 0 Å². The maximum atomic E-state index is 8.76. The summed E-state index contributed by atoms with van der Waals surface area (Å²) in [7, 11) is 1.75. The van der Waals surface area contributed by atoms with Gasteiger partial charge < -0.3 is 0 Å². The van der Waals surface area contributed by atoms with Crippen LogP contribution in [0, 0.1) is 11.3 Å². The Hall–Kier alpha value is -1.50. The van der Waals surface area contributed by atoms with Crippen molar-refractivity contribution in [3.63, 3.8) is 0 Å². The van der Waals surface area contributed by atoms with Crippen LogP contribution >= 0.6 is 24.0 Å². The van der Waals surface area contributed by atoms with Gasteiger partial charge in [0.05, 0.1) is 17.1 Å². The van der Waals surface area contributed by atoms with Crippen LogP contribution < -0.4 is 11.2 Å². The zero-order chi connectivity index (χ0) is 13.8. The van der Waals surface area contributed by atoms with Crippen molar-refractivity contribution in [2.24, 2.45) is 10.7 Å². The van der Waals surface area contributed by atoms with Gasteiger partial charge in [-0.15, -0.1) is 5.12 Å². The van der Waals surface area contributed by atoms with Gasteiger partial charge in [-0.2, -0.15) is 5.26 Å². The maximum absolute atomic E-state index is 8.76. The fraction of sp³-hybridized carbons (Fsp3) is 0.182. The highest BCUT2D eigenvalue weighted by atomic mass is 32.2. The van der Waals surface area contributed by atoms with Crippen molar-refractivity contribution in [3.05, 3.63) is 29.8 Å². The summed E-state index contributed by atoms with van der Waals surface area (Å²) in [6.45, 7) is 0. The van der Waals surface area contributed by atoms with Crippen molar-refractivity contribution in [2.45, 2.75) is 11.2 Å². The van der Waals surface area contributed by atoms with Gasteiger partial charge in [-0.25, -0.2) is 15.4 Å². The number of aliphatic imine (C=N–C) groups is 1. The van der Waals surface area contributed by atoms with Gasteiger partial charge in [-0.05, 0) is 24.3 Å². The van der Waals surface area contributed by atoms with Crippen molar-refractivity contribution in [1.82, 2.24) is 15.6 Å². The number of nitriles is 1. The molecule has 0 bridgehead atoms. The Morgan fingerprint density at radius 2 is 2.21 bits per heavy atom. The van der Waals surface area contributed by atoms with Gasteiger partial charge in [0.25, 0.3) is 0 Å². The number of hydrogen-bond acceptors (Lipinski definition) is 7. The quantitative estimate of drug-likeness (QED) is 0.800. The summed E-state index contributed by atoms with van der Waals surface area (Å²) in [5.41, 5.74) is 10.9. The molecule has 0 aromatic heterocycles. The van der Waals surface area contributed by atoms with E-state index in [1.54, 1.807) is 29.3 Å². The molecule has 98 valence electrons. The number of hydrazine groups is 2. The minimum Gasteiger partial charge on any atom is -0.295 e. The number of hydrogen-bond donors (Lipinski definition) is 2. The molecule has 0 aliphatic carbocycles. The lowest BCUT2D eigenvalue weighted by atomic mass is 10.2. The SMILES string of the molecule is CNN1C(N)N=C(Sc2ccc(C#N)cc2)N1C=S. The maximum Gasteiger partial charge on any atom is 0.188 e. The average molecular weight is 292 g/mol. The molecular formula is C11H12N6S2. The molecule has 0 spiro atoms. The number of amidine groups is 1. The Morgan fingerprint density at radius 1 is 1.53 bits per heavy atom. The van der Waals surface area contributed by atoms with Gasteiger partial charge >= 0.3 is 0 Å². The summed E-state index contributed by atoms with van der Waals surface area (Å²) in [6, 6.07) is 9.32. The minimum atomic E-state index is -0.509. The van der Waals surface area contributed by atoms with Gasteiger partial charge in [-0.3, -0.25) is 5.73 Å². The monoisotopic (exact) mass is 292 g/mol. The molecule has 1 atom stereocenters. The summed E-state index contributed by atoms with van der Waals surface area (Å²) >= 11 is 6.40. The average Bonchev–Trinajstić information content (AvgIpc) is 2.74. The van der Waals surface area contributed by atoms with E-state index in [1.165, 1.54) is 17.3 Å². The van der Waals surface area contributed by atoms with Crippen LogP contribution in [0.5, 0.6) is 0 Å². The molecule has 6 nitrogen and oxygen atoms in total. The summed E-state index contributed by atoms with van der Waals surface area (Å²) in [5, 5.41) is 12.7. The molecule has 19 heavy (non-hydrogen) atoms. The molecule has 1 aliphatic rings. The highest BCUT2D eigenvalue weighted by molar-refractivity contribution is 8.13. The molecule has 2 rings (SSSR count). The highest BCUT2D eigenvalue weighted by Gasteiger charge is 2.30.